The lowest BCUT2D eigenvalue weighted by Crippen LogP contribution is -2.27. The second-order valence-corrected chi connectivity index (χ2v) is 18.7. The molecule has 0 saturated carbocycles. The second kappa shape index (κ2) is 26.2. The number of ether oxygens (including phenoxy) is 5. The van der Waals surface area contributed by atoms with Crippen molar-refractivity contribution in [3.05, 3.63) is 100 Å². The van der Waals surface area contributed by atoms with Crippen LogP contribution in [0.1, 0.15) is 107 Å². The smallest absolute Gasteiger partial charge is 0.407 e. The molecule has 8 aromatic rings. The van der Waals surface area contributed by atoms with E-state index in [1.54, 1.807) is 77.3 Å². The summed E-state index contributed by atoms with van der Waals surface area (Å²) < 4.78 is 37.2. The molecule has 0 aliphatic carbocycles. The van der Waals surface area contributed by atoms with E-state index in [0.29, 0.717) is 105 Å². The first-order valence-electron chi connectivity index (χ1n) is 26.7. The molecule has 81 heavy (non-hydrogen) atoms. The number of nitrogens with two attached hydrogens (primary N) is 2. The highest BCUT2D eigenvalue weighted by Crippen LogP contribution is 2.37. The Kier molecular flexibility index (Phi) is 18.8. The minimum Gasteiger partial charge on any atom is -0.491 e. The average Bonchev–Trinajstić information content (AvgIpc) is 4.31. The van der Waals surface area contributed by atoms with Crippen molar-refractivity contribution in [1.82, 2.24) is 58.7 Å². The first-order chi connectivity index (χ1) is 39.0. The number of aryl methyl sites for hydroxylation is 6. The minimum absolute atomic E-state index is 0.00373. The molecule has 428 valence electrons. The van der Waals surface area contributed by atoms with Gasteiger partial charge in [-0.2, -0.15) is 15.3 Å². The van der Waals surface area contributed by atoms with Crippen molar-refractivity contribution >= 4 is 68.8 Å². The molecule has 7 N–H and O–H groups in total. The summed E-state index contributed by atoms with van der Waals surface area (Å²) in [6.07, 6.45) is 3.89. The number of rotatable bonds is 27. The first kappa shape index (κ1) is 58.0. The maximum atomic E-state index is 14.1. The van der Waals surface area contributed by atoms with E-state index in [1.165, 1.54) is 0 Å². The largest absolute Gasteiger partial charge is 0.491 e. The van der Waals surface area contributed by atoms with E-state index < -0.39 is 36.1 Å². The number of benzene rings is 2. The van der Waals surface area contributed by atoms with Gasteiger partial charge in [0.2, 0.25) is 11.9 Å². The van der Waals surface area contributed by atoms with E-state index in [-0.39, 0.29) is 82.8 Å². The maximum absolute atomic E-state index is 14.1. The van der Waals surface area contributed by atoms with Crippen LogP contribution in [0.25, 0.3) is 44.5 Å². The zero-order chi connectivity index (χ0) is 57.9. The van der Waals surface area contributed by atoms with Crippen molar-refractivity contribution in [2.75, 3.05) is 44.9 Å². The molecule has 26 nitrogen and oxygen atoms in total. The lowest BCUT2D eigenvalue weighted by molar-refractivity contribution is -0.142. The van der Waals surface area contributed by atoms with E-state index in [2.05, 4.69) is 25.9 Å². The summed E-state index contributed by atoms with van der Waals surface area (Å²) in [6, 6.07) is 11.7. The molecule has 0 spiro atoms. The number of aromatic nitrogens is 11. The van der Waals surface area contributed by atoms with Crippen molar-refractivity contribution in [2.24, 2.45) is 11.5 Å². The van der Waals surface area contributed by atoms with Crippen LogP contribution in [0.2, 0.25) is 0 Å². The Morgan fingerprint density at radius 2 is 1.33 bits per heavy atom. The molecule has 6 aromatic heterocycles. The molecule has 0 radical (unpaired) electrons. The average molecular weight is 1110 g/mol. The summed E-state index contributed by atoms with van der Waals surface area (Å²) in [5.74, 6) is -0.974. The Morgan fingerprint density at radius 1 is 0.704 bits per heavy atom. The molecule has 1 atom stereocenters. The van der Waals surface area contributed by atoms with Crippen LogP contribution >= 0.6 is 0 Å². The number of fused-ring (bicyclic) bond motifs is 4. The van der Waals surface area contributed by atoms with Crippen LogP contribution in [-0.2, 0) is 51.7 Å². The molecule has 3 amide bonds. The number of esters is 2. The number of carbonyl (C=O) groups is 5. The number of anilines is 1. The number of alkyl carbamates (subject to hydrolysis) is 1. The Labute approximate surface area is 465 Å². The van der Waals surface area contributed by atoms with Crippen LogP contribution < -0.4 is 31.6 Å². The molecular weight excluding hydrogens is 1050 g/mol. The monoisotopic (exact) mass is 1110 g/mol. The fraction of sp³-hybridized carbons (Fsp3) is 0.400. The van der Waals surface area contributed by atoms with Gasteiger partial charge in [-0.05, 0) is 90.9 Å². The van der Waals surface area contributed by atoms with Crippen molar-refractivity contribution < 1.29 is 52.8 Å². The number of hydrogen-bond donors (Lipinski definition) is 5. The van der Waals surface area contributed by atoms with Crippen molar-refractivity contribution in [2.45, 2.75) is 107 Å². The molecule has 0 aliphatic heterocycles. The number of nitrogens with zero attached hydrogens (tertiary/aromatic N) is 11. The Balaban J connectivity index is 1.13. The highest BCUT2D eigenvalue weighted by atomic mass is 16.6. The van der Waals surface area contributed by atoms with Crippen LogP contribution in [0, 0.1) is 20.8 Å². The van der Waals surface area contributed by atoms with Crippen LogP contribution in [0.4, 0.5) is 10.7 Å². The van der Waals surface area contributed by atoms with Crippen molar-refractivity contribution in [1.29, 1.82) is 0 Å². The predicted molar refractivity (Wildman–Crippen MR) is 298 cm³/mol. The van der Waals surface area contributed by atoms with Gasteiger partial charge in [-0.1, -0.05) is 12.2 Å². The first-order valence-corrected chi connectivity index (χ1v) is 26.7. The number of carbonyl (C=O) groups excluding carboxylic acids is 5. The quantitative estimate of drug-likeness (QED) is 0.0133. The molecule has 2 aromatic carbocycles. The standard InChI is InChI=1S/C55H67N15O11/c1-8-68-40(24-32(5)63-68)50-59-31-38-37-27-35(48(56)72)29-43(78-21-15-23-81-55(76)58-17-16-45(71)77-11-4)46(37)66(51(38)61-50)18-12-13-19-67-47-39(60-54(67)62-52(74)41-25-33(6)64-69(41)9-2)28-36(49(57)73)30-44(47)79-20-14-22-80-53(75)42-26-34(7)65-70(42)10-3/h12-13,24-31,49,73H,8-11,14-23,57H2,1-7H3,(H2,56,72)(H,58,76)(H,60,62,74)/b13-12+. The van der Waals surface area contributed by atoms with Gasteiger partial charge in [0, 0.05) is 80.2 Å². The summed E-state index contributed by atoms with van der Waals surface area (Å²) >= 11 is 0. The third-order valence-corrected chi connectivity index (χ3v) is 12.8. The molecule has 0 aliphatic rings. The van der Waals surface area contributed by atoms with Gasteiger partial charge in [0.05, 0.1) is 67.6 Å². The molecular formula is C55H67N15O11. The van der Waals surface area contributed by atoms with E-state index in [1.807, 2.05) is 55.2 Å². The lowest BCUT2D eigenvalue weighted by atomic mass is 10.1. The SMILES string of the molecule is CCOC(=O)CCNC(=O)OCCCOc1cc(C(N)=O)cc2c3cnc(-c4cc(C)nn4CC)nc3n(C/C=C/Cn3c(NC(=O)c4cc(C)nn4CC)nc4cc(C(N)O)cc(OCCCOC(=O)c5cc(C)nn5CC)c43)c12. The molecule has 8 rings (SSSR count). The van der Waals surface area contributed by atoms with E-state index in [9.17, 15) is 29.1 Å². The number of hydrogen-bond acceptors (Lipinski definition) is 18. The maximum Gasteiger partial charge on any atom is 0.407 e. The lowest BCUT2D eigenvalue weighted by Gasteiger charge is -2.14. The molecule has 6 heterocycles. The van der Waals surface area contributed by atoms with Gasteiger partial charge in [-0.15, -0.1) is 0 Å². The number of primary amides is 1. The number of nitrogens with one attached hydrogen (secondary N) is 2. The second-order valence-electron chi connectivity index (χ2n) is 18.7. The fourth-order valence-corrected chi connectivity index (χ4v) is 9.17. The summed E-state index contributed by atoms with van der Waals surface area (Å²) in [5, 5.41) is 30.7. The molecule has 26 heteroatoms. The van der Waals surface area contributed by atoms with Crippen LogP contribution in [0.15, 0.2) is 60.8 Å². The molecule has 0 saturated heterocycles. The van der Waals surface area contributed by atoms with E-state index in [4.69, 9.17) is 50.1 Å². The number of imidazole rings is 1. The van der Waals surface area contributed by atoms with Gasteiger partial charge in [0.1, 0.15) is 46.0 Å². The summed E-state index contributed by atoms with van der Waals surface area (Å²) in [7, 11) is 0. The highest BCUT2D eigenvalue weighted by Gasteiger charge is 2.24. The summed E-state index contributed by atoms with van der Waals surface area (Å²) in [6.45, 7) is 15.1. The fourth-order valence-electron chi connectivity index (χ4n) is 9.17. The molecule has 0 fully saturated rings. The van der Waals surface area contributed by atoms with Gasteiger partial charge in [0.15, 0.2) is 5.82 Å². The molecule has 0 bridgehead atoms. The van der Waals surface area contributed by atoms with Gasteiger partial charge >= 0.3 is 18.0 Å². The predicted octanol–water partition coefficient (Wildman–Crippen LogP) is 5.81. The number of aliphatic hydroxyl groups excluding tert-OH is 1. The van der Waals surface area contributed by atoms with E-state index in [0.717, 1.165) is 5.69 Å². The Hall–Kier alpha value is -9.17. The van der Waals surface area contributed by atoms with Crippen molar-refractivity contribution in [3.63, 3.8) is 0 Å². The van der Waals surface area contributed by atoms with Gasteiger partial charge < -0.3 is 54.7 Å². The zero-order valence-electron chi connectivity index (χ0n) is 46.4. The molecule has 1 unspecified atom stereocenters. The van der Waals surface area contributed by atoms with Crippen LogP contribution in [0.3, 0.4) is 0 Å². The highest BCUT2D eigenvalue weighted by molar-refractivity contribution is 6.12. The number of allylic oxidation sites excluding steroid dienone is 2. The Morgan fingerprint density at radius 3 is 2.00 bits per heavy atom. The summed E-state index contributed by atoms with van der Waals surface area (Å²) in [5.41, 5.74) is 17.8. The summed E-state index contributed by atoms with van der Waals surface area (Å²) in [4.78, 5) is 78.7. The van der Waals surface area contributed by atoms with Gasteiger partial charge in [-0.3, -0.25) is 33.7 Å². The van der Waals surface area contributed by atoms with Crippen LogP contribution in [0.5, 0.6) is 11.5 Å². The van der Waals surface area contributed by atoms with Crippen molar-refractivity contribution in [3.8, 4) is 23.0 Å². The third kappa shape index (κ3) is 13.5. The topological polar surface area (TPSA) is 330 Å². The number of aliphatic hydroxyl groups is 1. The van der Waals surface area contributed by atoms with Crippen LogP contribution in [-0.4, -0.2) is 128 Å². The Bertz CT molecular complexity index is 3640. The third-order valence-electron chi connectivity index (χ3n) is 12.8. The van der Waals surface area contributed by atoms with Gasteiger partial charge in [0.25, 0.3) is 5.91 Å². The number of amides is 3. The zero-order valence-corrected chi connectivity index (χ0v) is 46.4. The minimum atomic E-state index is -1.40. The van der Waals surface area contributed by atoms with Gasteiger partial charge in [-0.25, -0.2) is 24.5 Å². The van der Waals surface area contributed by atoms with E-state index >= 15 is 0 Å². The normalized spacial score (nSPS) is 11.9.